The zero-order valence-corrected chi connectivity index (χ0v) is 15.2. The smallest absolute Gasteiger partial charge is 0.161 e. The summed E-state index contributed by atoms with van der Waals surface area (Å²) < 4.78 is 21.7. The Labute approximate surface area is 148 Å². The molecule has 0 amide bonds. The van der Waals surface area contributed by atoms with E-state index in [4.69, 9.17) is 18.9 Å². The van der Waals surface area contributed by atoms with Gasteiger partial charge in [0.05, 0.1) is 28.4 Å². The first kappa shape index (κ1) is 17.4. The lowest BCUT2D eigenvalue weighted by atomic mass is 9.95. The van der Waals surface area contributed by atoms with E-state index in [9.17, 15) is 0 Å². The molecule has 0 aromatic heterocycles. The number of hydrogen-bond acceptors (Lipinski definition) is 5. The Morgan fingerprint density at radius 1 is 0.760 bits per heavy atom. The summed E-state index contributed by atoms with van der Waals surface area (Å²) >= 11 is 0. The first-order valence-electron chi connectivity index (χ1n) is 8.39. The summed E-state index contributed by atoms with van der Waals surface area (Å²) in [6, 6.07) is 10.5. The Bertz CT molecular complexity index is 745. The topological polar surface area (TPSA) is 49.0 Å². The molecule has 0 fully saturated rings. The van der Waals surface area contributed by atoms with Crippen LogP contribution in [0, 0.1) is 0 Å². The molecule has 0 bridgehead atoms. The summed E-state index contributed by atoms with van der Waals surface area (Å²) in [5.41, 5.74) is 3.76. The van der Waals surface area contributed by atoms with E-state index in [0.717, 1.165) is 42.4 Å². The molecule has 0 saturated carbocycles. The highest BCUT2D eigenvalue weighted by atomic mass is 16.5. The first-order chi connectivity index (χ1) is 12.2. The molecule has 1 atom stereocenters. The van der Waals surface area contributed by atoms with Crippen LogP contribution in [0.5, 0.6) is 23.0 Å². The third-order valence-corrected chi connectivity index (χ3v) is 4.72. The van der Waals surface area contributed by atoms with Crippen molar-refractivity contribution in [1.82, 2.24) is 5.32 Å². The second-order valence-electron chi connectivity index (χ2n) is 6.05. The van der Waals surface area contributed by atoms with E-state index < -0.39 is 0 Å². The minimum atomic E-state index is 0.208. The minimum absolute atomic E-state index is 0.208. The van der Waals surface area contributed by atoms with Crippen molar-refractivity contribution < 1.29 is 18.9 Å². The number of methoxy groups -OCH3 is 4. The predicted octanol–water partition coefficient (Wildman–Crippen LogP) is 3.15. The van der Waals surface area contributed by atoms with Crippen LogP contribution in [-0.4, -0.2) is 35.0 Å². The third-order valence-electron chi connectivity index (χ3n) is 4.72. The Balaban J connectivity index is 1.93. The molecule has 0 radical (unpaired) electrons. The number of rotatable bonds is 5. The van der Waals surface area contributed by atoms with Crippen molar-refractivity contribution in [3.05, 3.63) is 47.0 Å². The van der Waals surface area contributed by atoms with E-state index in [1.165, 1.54) is 16.7 Å². The Morgan fingerprint density at radius 3 is 2.00 bits per heavy atom. The van der Waals surface area contributed by atoms with Crippen LogP contribution in [0.2, 0.25) is 0 Å². The predicted molar refractivity (Wildman–Crippen MR) is 97.2 cm³/mol. The maximum atomic E-state index is 5.47. The van der Waals surface area contributed by atoms with Crippen LogP contribution in [-0.2, 0) is 12.8 Å². The zero-order chi connectivity index (χ0) is 17.8. The molecule has 0 saturated heterocycles. The van der Waals surface area contributed by atoms with Gasteiger partial charge in [0.15, 0.2) is 23.0 Å². The van der Waals surface area contributed by atoms with Gasteiger partial charge < -0.3 is 24.3 Å². The van der Waals surface area contributed by atoms with Crippen molar-refractivity contribution in [3.8, 4) is 23.0 Å². The fraction of sp³-hybridized carbons (Fsp3) is 0.400. The molecule has 5 heteroatoms. The fourth-order valence-corrected chi connectivity index (χ4v) is 3.36. The average Bonchev–Trinajstić information content (AvgIpc) is 2.87. The number of fused-ring (bicyclic) bond motifs is 1. The van der Waals surface area contributed by atoms with Crippen LogP contribution in [0.3, 0.4) is 0 Å². The zero-order valence-electron chi connectivity index (χ0n) is 15.2. The van der Waals surface area contributed by atoms with Gasteiger partial charge in [0, 0.05) is 6.04 Å². The molecular weight excluding hydrogens is 318 g/mol. The van der Waals surface area contributed by atoms with Gasteiger partial charge in [-0.1, -0.05) is 6.07 Å². The lowest BCUT2D eigenvalue weighted by molar-refractivity contribution is 0.353. The number of nitrogens with one attached hydrogen (secondary N) is 1. The molecule has 1 aliphatic rings. The standard InChI is InChI=1S/C20H25NO4/c1-22-17-6-5-14(11-18(17)23-2)16-9-15-12-20(25-4)19(24-3)10-13(15)7-8-21-16/h5-6,10-12,16,21H,7-9H2,1-4H3. The molecule has 0 aliphatic carbocycles. The van der Waals surface area contributed by atoms with E-state index in [2.05, 4.69) is 23.5 Å². The molecule has 3 rings (SSSR count). The minimum Gasteiger partial charge on any atom is -0.493 e. The van der Waals surface area contributed by atoms with Crippen molar-refractivity contribution in [3.63, 3.8) is 0 Å². The second kappa shape index (κ2) is 7.66. The third kappa shape index (κ3) is 3.51. The molecular formula is C20H25NO4. The summed E-state index contributed by atoms with van der Waals surface area (Å²) in [4.78, 5) is 0. The molecule has 1 heterocycles. The first-order valence-corrected chi connectivity index (χ1v) is 8.39. The molecule has 25 heavy (non-hydrogen) atoms. The van der Waals surface area contributed by atoms with Crippen LogP contribution in [0.15, 0.2) is 30.3 Å². The van der Waals surface area contributed by atoms with Crippen molar-refractivity contribution >= 4 is 0 Å². The average molecular weight is 343 g/mol. The molecule has 5 nitrogen and oxygen atoms in total. The Kier molecular flexibility index (Phi) is 5.34. The summed E-state index contributed by atoms with van der Waals surface area (Å²) in [5.74, 6) is 3.05. The molecule has 1 unspecified atom stereocenters. The van der Waals surface area contributed by atoms with Gasteiger partial charge in [0.2, 0.25) is 0 Å². The summed E-state index contributed by atoms with van der Waals surface area (Å²) in [6.07, 6.45) is 1.84. The van der Waals surface area contributed by atoms with Gasteiger partial charge in [0.1, 0.15) is 0 Å². The molecule has 1 N–H and O–H groups in total. The SMILES string of the molecule is COc1ccc(C2Cc3cc(OC)c(OC)cc3CCN2)cc1OC. The quantitative estimate of drug-likeness (QED) is 0.904. The summed E-state index contributed by atoms with van der Waals surface area (Å²) in [5, 5.41) is 3.63. The van der Waals surface area contributed by atoms with Crippen LogP contribution in [0.1, 0.15) is 22.7 Å². The lowest BCUT2D eigenvalue weighted by Crippen LogP contribution is -2.22. The maximum absolute atomic E-state index is 5.47. The summed E-state index contributed by atoms with van der Waals surface area (Å²) in [6.45, 7) is 0.904. The Morgan fingerprint density at radius 2 is 1.36 bits per heavy atom. The van der Waals surface area contributed by atoms with Gasteiger partial charge >= 0.3 is 0 Å². The van der Waals surface area contributed by atoms with Crippen LogP contribution in [0.4, 0.5) is 0 Å². The van der Waals surface area contributed by atoms with Crippen molar-refractivity contribution in [1.29, 1.82) is 0 Å². The van der Waals surface area contributed by atoms with Crippen molar-refractivity contribution in [2.75, 3.05) is 35.0 Å². The van der Waals surface area contributed by atoms with Gasteiger partial charge in [-0.05, 0) is 60.3 Å². The molecule has 1 aliphatic heterocycles. The van der Waals surface area contributed by atoms with Gasteiger partial charge in [-0.2, -0.15) is 0 Å². The highest BCUT2D eigenvalue weighted by molar-refractivity contribution is 5.49. The largest absolute Gasteiger partial charge is 0.493 e. The van der Waals surface area contributed by atoms with E-state index in [1.807, 2.05) is 12.1 Å². The maximum Gasteiger partial charge on any atom is 0.161 e. The fourth-order valence-electron chi connectivity index (χ4n) is 3.36. The lowest BCUT2D eigenvalue weighted by Gasteiger charge is -2.19. The van der Waals surface area contributed by atoms with E-state index in [1.54, 1.807) is 28.4 Å². The van der Waals surface area contributed by atoms with E-state index in [-0.39, 0.29) is 6.04 Å². The highest BCUT2D eigenvalue weighted by Gasteiger charge is 2.21. The number of benzene rings is 2. The number of ether oxygens (including phenoxy) is 4. The highest BCUT2D eigenvalue weighted by Crippen LogP contribution is 2.36. The van der Waals surface area contributed by atoms with Gasteiger partial charge in [-0.3, -0.25) is 0 Å². The Hall–Kier alpha value is -2.40. The number of hydrogen-bond donors (Lipinski definition) is 1. The van der Waals surface area contributed by atoms with Crippen LogP contribution >= 0.6 is 0 Å². The van der Waals surface area contributed by atoms with E-state index >= 15 is 0 Å². The molecule has 0 spiro atoms. The van der Waals surface area contributed by atoms with Crippen LogP contribution < -0.4 is 24.3 Å². The van der Waals surface area contributed by atoms with Crippen LogP contribution in [0.25, 0.3) is 0 Å². The summed E-state index contributed by atoms with van der Waals surface area (Å²) in [7, 11) is 6.66. The van der Waals surface area contributed by atoms with E-state index in [0.29, 0.717) is 0 Å². The van der Waals surface area contributed by atoms with Crippen molar-refractivity contribution in [2.45, 2.75) is 18.9 Å². The second-order valence-corrected chi connectivity index (χ2v) is 6.05. The molecule has 2 aromatic rings. The van der Waals surface area contributed by atoms with Gasteiger partial charge in [-0.25, -0.2) is 0 Å². The monoisotopic (exact) mass is 343 g/mol. The normalized spacial score (nSPS) is 16.6. The molecule has 134 valence electrons. The molecule has 2 aromatic carbocycles. The van der Waals surface area contributed by atoms with Gasteiger partial charge in [0.25, 0.3) is 0 Å². The van der Waals surface area contributed by atoms with Gasteiger partial charge in [-0.15, -0.1) is 0 Å². The van der Waals surface area contributed by atoms with Crippen molar-refractivity contribution in [2.24, 2.45) is 0 Å².